The minimum atomic E-state index is 0.199. The predicted octanol–water partition coefficient (Wildman–Crippen LogP) is 1.69. The highest BCUT2D eigenvalue weighted by atomic mass is 15.1. The van der Waals surface area contributed by atoms with Crippen molar-refractivity contribution in [1.29, 1.82) is 0 Å². The van der Waals surface area contributed by atoms with Crippen molar-refractivity contribution in [2.24, 2.45) is 0 Å². The molecule has 0 bridgehead atoms. The van der Waals surface area contributed by atoms with E-state index in [9.17, 15) is 0 Å². The molecule has 1 aromatic carbocycles. The van der Waals surface area contributed by atoms with E-state index >= 15 is 0 Å². The summed E-state index contributed by atoms with van der Waals surface area (Å²) in [5.74, 6) is 6.32. The summed E-state index contributed by atoms with van der Waals surface area (Å²) >= 11 is 0. The fourth-order valence-electron chi connectivity index (χ4n) is 1.73. The van der Waals surface area contributed by atoms with Crippen molar-refractivity contribution in [3.63, 3.8) is 0 Å². The van der Waals surface area contributed by atoms with Gasteiger partial charge in [-0.1, -0.05) is 11.8 Å². The lowest BCUT2D eigenvalue weighted by Gasteiger charge is -2.15. The molecule has 3 nitrogen and oxygen atoms in total. The zero-order chi connectivity index (χ0) is 13.7. The van der Waals surface area contributed by atoms with Crippen LogP contribution in [0.1, 0.15) is 5.56 Å². The van der Waals surface area contributed by atoms with Gasteiger partial charge in [0.2, 0.25) is 0 Å². The Labute approximate surface area is 115 Å². The van der Waals surface area contributed by atoms with Crippen LogP contribution in [0.25, 0.3) is 0 Å². The van der Waals surface area contributed by atoms with E-state index in [0.29, 0.717) is 0 Å². The molecule has 1 aromatic rings. The Bertz CT molecular complexity index is 542. The molecule has 0 aromatic heterocycles. The molecule has 0 spiro atoms. The number of benzene rings is 1. The standard InChI is InChI=1S/C16H19N3/c1-17-16-11-8-14(12-18-16)5-4-13-6-9-15(10-7-13)19(2)3/h6-12,16-18H,1-3H3. The highest BCUT2D eigenvalue weighted by Crippen LogP contribution is 2.11. The molecule has 1 unspecified atom stereocenters. The zero-order valence-electron chi connectivity index (χ0n) is 11.6. The van der Waals surface area contributed by atoms with Gasteiger partial charge in [0.1, 0.15) is 0 Å². The summed E-state index contributed by atoms with van der Waals surface area (Å²) in [6, 6.07) is 8.23. The molecule has 1 heterocycles. The number of hydrogen-bond donors (Lipinski definition) is 2. The number of rotatable bonds is 2. The first-order valence-corrected chi connectivity index (χ1v) is 6.30. The predicted molar refractivity (Wildman–Crippen MR) is 80.9 cm³/mol. The van der Waals surface area contributed by atoms with Crippen LogP contribution in [0.3, 0.4) is 0 Å². The molecule has 1 atom stereocenters. The van der Waals surface area contributed by atoms with E-state index in [1.807, 2.05) is 45.6 Å². The highest BCUT2D eigenvalue weighted by Gasteiger charge is 2.02. The van der Waals surface area contributed by atoms with Crippen LogP contribution in [-0.4, -0.2) is 27.3 Å². The maximum absolute atomic E-state index is 3.21. The molecule has 0 saturated heterocycles. The second kappa shape index (κ2) is 6.12. The molecule has 1 aliphatic rings. The molecule has 2 N–H and O–H groups in total. The monoisotopic (exact) mass is 253 g/mol. The molecule has 0 radical (unpaired) electrons. The molecule has 2 rings (SSSR count). The quantitative estimate of drug-likeness (QED) is 0.786. The Kier molecular flexibility index (Phi) is 4.27. The summed E-state index contributed by atoms with van der Waals surface area (Å²) in [5, 5.41) is 6.33. The maximum atomic E-state index is 3.21. The van der Waals surface area contributed by atoms with Crippen molar-refractivity contribution in [2.75, 3.05) is 26.0 Å². The van der Waals surface area contributed by atoms with Gasteiger partial charge in [0.25, 0.3) is 0 Å². The average Bonchev–Trinajstić information content (AvgIpc) is 2.46. The topological polar surface area (TPSA) is 27.3 Å². The second-order valence-corrected chi connectivity index (χ2v) is 4.58. The van der Waals surface area contributed by atoms with Gasteiger partial charge in [0.05, 0.1) is 6.17 Å². The third-order valence-corrected chi connectivity index (χ3v) is 2.93. The van der Waals surface area contributed by atoms with E-state index in [4.69, 9.17) is 0 Å². The van der Waals surface area contributed by atoms with E-state index in [1.165, 1.54) is 5.69 Å². The van der Waals surface area contributed by atoms with Gasteiger partial charge in [-0.3, -0.25) is 5.32 Å². The van der Waals surface area contributed by atoms with Gasteiger partial charge >= 0.3 is 0 Å². The second-order valence-electron chi connectivity index (χ2n) is 4.58. The van der Waals surface area contributed by atoms with Gasteiger partial charge in [-0.15, -0.1) is 0 Å². The highest BCUT2D eigenvalue weighted by molar-refractivity contribution is 5.51. The molecule has 1 aliphatic heterocycles. The fraction of sp³-hybridized carbons (Fsp3) is 0.250. The van der Waals surface area contributed by atoms with Gasteiger partial charge in [-0.05, 0) is 43.5 Å². The average molecular weight is 253 g/mol. The number of hydrogen-bond acceptors (Lipinski definition) is 3. The molecule has 0 fully saturated rings. The Morgan fingerprint density at radius 3 is 2.42 bits per heavy atom. The number of dihydropyridines is 1. The van der Waals surface area contributed by atoms with Gasteiger partial charge < -0.3 is 10.2 Å². The number of nitrogens with zero attached hydrogens (tertiary/aromatic N) is 1. The van der Waals surface area contributed by atoms with E-state index < -0.39 is 0 Å². The van der Waals surface area contributed by atoms with Crippen molar-refractivity contribution in [2.45, 2.75) is 6.17 Å². The van der Waals surface area contributed by atoms with E-state index in [-0.39, 0.29) is 6.17 Å². The summed E-state index contributed by atoms with van der Waals surface area (Å²) in [4.78, 5) is 2.07. The first-order valence-electron chi connectivity index (χ1n) is 6.30. The van der Waals surface area contributed by atoms with Crippen LogP contribution in [0.4, 0.5) is 5.69 Å². The van der Waals surface area contributed by atoms with Gasteiger partial charge in [-0.25, -0.2) is 0 Å². The number of allylic oxidation sites excluding steroid dienone is 2. The smallest absolute Gasteiger partial charge is 0.0957 e. The number of nitrogens with one attached hydrogen (secondary N) is 2. The van der Waals surface area contributed by atoms with E-state index in [2.05, 4.69) is 45.6 Å². The van der Waals surface area contributed by atoms with Crippen molar-refractivity contribution < 1.29 is 0 Å². The van der Waals surface area contributed by atoms with Crippen LogP contribution in [0.5, 0.6) is 0 Å². The number of anilines is 1. The molecule has 19 heavy (non-hydrogen) atoms. The molecular formula is C16H19N3. The first-order chi connectivity index (χ1) is 9.19. The normalized spacial score (nSPS) is 17.0. The van der Waals surface area contributed by atoms with Crippen molar-refractivity contribution in [1.82, 2.24) is 10.6 Å². The summed E-state index contributed by atoms with van der Waals surface area (Å²) in [5.41, 5.74) is 3.19. The third kappa shape index (κ3) is 3.64. The first kappa shape index (κ1) is 13.3. The summed E-state index contributed by atoms with van der Waals surface area (Å²) in [6.45, 7) is 0. The van der Waals surface area contributed by atoms with Crippen molar-refractivity contribution >= 4 is 5.69 Å². The largest absolute Gasteiger partial charge is 0.378 e. The third-order valence-electron chi connectivity index (χ3n) is 2.93. The summed E-state index contributed by atoms with van der Waals surface area (Å²) < 4.78 is 0. The van der Waals surface area contributed by atoms with E-state index in [1.54, 1.807) is 0 Å². The molecular weight excluding hydrogens is 234 g/mol. The van der Waals surface area contributed by atoms with Crippen LogP contribution in [0.2, 0.25) is 0 Å². The Balaban J connectivity index is 2.05. The van der Waals surface area contributed by atoms with Crippen LogP contribution >= 0.6 is 0 Å². The van der Waals surface area contributed by atoms with E-state index in [0.717, 1.165) is 11.1 Å². The maximum Gasteiger partial charge on any atom is 0.0957 e. The van der Waals surface area contributed by atoms with Gasteiger partial charge in [0, 0.05) is 37.1 Å². The summed E-state index contributed by atoms with van der Waals surface area (Å²) in [6.07, 6.45) is 6.21. The number of likely N-dealkylation sites (N-methyl/N-ethyl adjacent to an activating group) is 1. The Hall–Kier alpha value is -2.18. The lowest BCUT2D eigenvalue weighted by atomic mass is 10.1. The fourth-order valence-corrected chi connectivity index (χ4v) is 1.73. The molecule has 3 heteroatoms. The molecule has 0 amide bonds. The molecule has 0 saturated carbocycles. The Morgan fingerprint density at radius 1 is 1.16 bits per heavy atom. The summed E-state index contributed by atoms with van der Waals surface area (Å²) in [7, 11) is 5.98. The minimum Gasteiger partial charge on any atom is -0.378 e. The molecule has 98 valence electrons. The lowest BCUT2D eigenvalue weighted by molar-refractivity contribution is 0.604. The van der Waals surface area contributed by atoms with Crippen LogP contribution < -0.4 is 15.5 Å². The lowest BCUT2D eigenvalue weighted by Crippen LogP contribution is -2.36. The SMILES string of the molecule is CNC1C=CC(C#Cc2ccc(N(C)C)cc2)=CN1. The molecule has 0 aliphatic carbocycles. The Morgan fingerprint density at radius 2 is 1.89 bits per heavy atom. The van der Waals surface area contributed by atoms with Crippen LogP contribution in [-0.2, 0) is 0 Å². The van der Waals surface area contributed by atoms with Crippen molar-refractivity contribution in [3.8, 4) is 11.8 Å². The van der Waals surface area contributed by atoms with Crippen LogP contribution in [0, 0.1) is 11.8 Å². The van der Waals surface area contributed by atoms with Gasteiger partial charge in [0.15, 0.2) is 0 Å². The van der Waals surface area contributed by atoms with Crippen LogP contribution in [0.15, 0.2) is 48.2 Å². The van der Waals surface area contributed by atoms with Crippen molar-refractivity contribution in [3.05, 3.63) is 53.8 Å². The van der Waals surface area contributed by atoms with Gasteiger partial charge in [-0.2, -0.15) is 0 Å². The minimum absolute atomic E-state index is 0.199. The zero-order valence-corrected chi connectivity index (χ0v) is 11.6.